The molecule has 0 unspecified atom stereocenters. The molecule has 0 aliphatic rings. The molecule has 0 saturated heterocycles. The number of benzene rings is 2. The van der Waals surface area contributed by atoms with E-state index in [0.717, 1.165) is 11.3 Å². The summed E-state index contributed by atoms with van der Waals surface area (Å²) in [5.74, 6) is 0.758. The monoisotopic (exact) mass is 289 g/mol. The molecule has 0 N–H and O–H groups in total. The molecule has 0 aliphatic heterocycles. The van der Waals surface area contributed by atoms with Crippen LogP contribution < -0.4 is 4.74 Å². The lowest BCUT2D eigenvalue weighted by Crippen LogP contribution is -2.00. The molecule has 0 saturated carbocycles. The number of rotatable bonds is 5. The van der Waals surface area contributed by atoms with Crippen LogP contribution in [0.5, 0.6) is 5.75 Å². The van der Waals surface area contributed by atoms with E-state index >= 15 is 0 Å². The van der Waals surface area contributed by atoms with Crippen molar-refractivity contribution in [2.24, 2.45) is 0 Å². The van der Waals surface area contributed by atoms with Crippen molar-refractivity contribution in [1.29, 1.82) is 0 Å². The zero-order valence-corrected chi connectivity index (χ0v) is 12.1. The van der Waals surface area contributed by atoms with Crippen LogP contribution in [-0.4, -0.2) is 11.2 Å². The van der Waals surface area contributed by atoms with Crippen LogP contribution >= 0.6 is 11.8 Å². The van der Waals surface area contributed by atoms with E-state index in [0.29, 0.717) is 12.2 Å². The molecule has 2 aromatic rings. The van der Waals surface area contributed by atoms with Crippen LogP contribution in [0.3, 0.4) is 0 Å². The molecule has 0 amide bonds. The minimum atomic E-state index is -0.369. The fourth-order valence-corrected chi connectivity index (χ4v) is 2.27. The zero-order chi connectivity index (χ0) is 14.5. The number of ether oxygens (including phenoxy) is 1. The molecular formula is C15H15NO3S. The van der Waals surface area contributed by atoms with E-state index in [1.165, 1.54) is 11.0 Å². The van der Waals surface area contributed by atoms with Crippen LogP contribution in [0.4, 0.5) is 5.69 Å². The molecule has 0 heterocycles. The maximum Gasteiger partial charge on any atom is 0.272 e. The van der Waals surface area contributed by atoms with Crippen LogP contribution in [0.25, 0.3) is 0 Å². The second-order valence-electron chi connectivity index (χ2n) is 4.28. The van der Waals surface area contributed by atoms with Crippen LogP contribution in [0.2, 0.25) is 0 Å². The smallest absolute Gasteiger partial charge is 0.272 e. The Morgan fingerprint density at radius 1 is 1.20 bits per heavy atom. The fraction of sp³-hybridized carbons (Fsp3) is 0.200. The SMILES string of the molecule is CSc1ccc(OCc2cccc([N+](=O)[O-])c2C)cc1. The second-order valence-corrected chi connectivity index (χ2v) is 5.16. The van der Waals surface area contributed by atoms with Gasteiger partial charge >= 0.3 is 0 Å². The molecule has 2 aromatic carbocycles. The van der Waals surface area contributed by atoms with Crippen LogP contribution in [0.15, 0.2) is 47.4 Å². The third-order valence-corrected chi connectivity index (χ3v) is 3.81. The van der Waals surface area contributed by atoms with Crippen LogP contribution in [-0.2, 0) is 6.61 Å². The maximum atomic E-state index is 10.9. The number of hydrogen-bond acceptors (Lipinski definition) is 4. The van der Waals surface area contributed by atoms with Gasteiger partial charge in [0.25, 0.3) is 5.69 Å². The topological polar surface area (TPSA) is 52.4 Å². The highest BCUT2D eigenvalue weighted by Gasteiger charge is 2.13. The van der Waals surface area contributed by atoms with Crippen molar-refractivity contribution < 1.29 is 9.66 Å². The standard InChI is InChI=1S/C15H15NO3S/c1-11-12(4-3-5-15(11)16(17)18)10-19-13-6-8-14(20-2)9-7-13/h3-9H,10H2,1-2H3. The van der Waals surface area contributed by atoms with Gasteiger partial charge in [0, 0.05) is 16.5 Å². The number of nitro groups is 1. The molecule has 0 spiro atoms. The predicted octanol–water partition coefficient (Wildman–Crippen LogP) is 4.20. The van der Waals surface area contributed by atoms with Crippen molar-refractivity contribution in [3.63, 3.8) is 0 Å². The number of hydrogen-bond donors (Lipinski definition) is 0. The molecule has 0 aliphatic carbocycles. The molecule has 4 nitrogen and oxygen atoms in total. The molecular weight excluding hydrogens is 274 g/mol. The van der Waals surface area contributed by atoms with Gasteiger partial charge in [-0.3, -0.25) is 10.1 Å². The van der Waals surface area contributed by atoms with E-state index in [9.17, 15) is 10.1 Å². The summed E-state index contributed by atoms with van der Waals surface area (Å²) < 4.78 is 5.68. The molecule has 20 heavy (non-hydrogen) atoms. The quantitative estimate of drug-likeness (QED) is 0.470. The summed E-state index contributed by atoms with van der Waals surface area (Å²) in [7, 11) is 0. The predicted molar refractivity (Wildman–Crippen MR) is 80.4 cm³/mol. The van der Waals surface area contributed by atoms with E-state index in [2.05, 4.69) is 0 Å². The molecule has 2 rings (SSSR count). The number of thioether (sulfide) groups is 1. The van der Waals surface area contributed by atoms with E-state index < -0.39 is 0 Å². The second kappa shape index (κ2) is 6.43. The first-order valence-corrected chi connectivity index (χ1v) is 7.34. The van der Waals surface area contributed by atoms with Gasteiger partial charge in [0.2, 0.25) is 0 Å². The Morgan fingerprint density at radius 2 is 1.90 bits per heavy atom. The van der Waals surface area contributed by atoms with E-state index in [1.807, 2.05) is 36.6 Å². The number of nitrogens with zero attached hydrogens (tertiary/aromatic N) is 1. The minimum absolute atomic E-state index is 0.129. The van der Waals surface area contributed by atoms with Gasteiger partial charge < -0.3 is 4.74 Å². The first-order chi connectivity index (χ1) is 9.61. The van der Waals surface area contributed by atoms with Crippen molar-refractivity contribution >= 4 is 17.4 Å². The van der Waals surface area contributed by atoms with Crippen molar-refractivity contribution in [3.05, 3.63) is 63.7 Å². The lowest BCUT2D eigenvalue weighted by molar-refractivity contribution is -0.385. The molecule has 0 atom stereocenters. The lowest BCUT2D eigenvalue weighted by Gasteiger charge is -2.09. The van der Waals surface area contributed by atoms with Crippen LogP contribution in [0.1, 0.15) is 11.1 Å². The summed E-state index contributed by atoms with van der Waals surface area (Å²) in [6.07, 6.45) is 2.02. The Balaban J connectivity index is 2.10. The highest BCUT2D eigenvalue weighted by molar-refractivity contribution is 7.98. The zero-order valence-electron chi connectivity index (χ0n) is 11.3. The molecule has 0 radical (unpaired) electrons. The lowest BCUT2D eigenvalue weighted by atomic mass is 10.1. The highest BCUT2D eigenvalue weighted by Crippen LogP contribution is 2.23. The van der Waals surface area contributed by atoms with Gasteiger partial charge in [0.1, 0.15) is 12.4 Å². The summed E-state index contributed by atoms with van der Waals surface area (Å²) in [5.41, 5.74) is 1.61. The van der Waals surface area contributed by atoms with Crippen LogP contribution in [0, 0.1) is 17.0 Å². The van der Waals surface area contributed by atoms with Gasteiger partial charge in [0.05, 0.1) is 4.92 Å². The summed E-state index contributed by atoms with van der Waals surface area (Å²) in [6, 6.07) is 12.8. The molecule has 0 fully saturated rings. The van der Waals surface area contributed by atoms with Gasteiger partial charge in [0.15, 0.2) is 0 Å². The maximum absolute atomic E-state index is 10.9. The van der Waals surface area contributed by atoms with Gasteiger partial charge in [-0.15, -0.1) is 11.8 Å². The third kappa shape index (κ3) is 3.30. The van der Waals surface area contributed by atoms with Crippen molar-refractivity contribution in [2.75, 3.05) is 6.26 Å². The third-order valence-electron chi connectivity index (χ3n) is 3.07. The normalized spacial score (nSPS) is 10.3. The molecule has 0 bridgehead atoms. The summed E-state index contributed by atoms with van der Waals surface area (Å²) in [5, 5.41) is 10.9. The first-order valence-electron chi connectivity index (χ1n) is 6.11. The van der Waals surface area contributed by atoms with Gasteiger partial charge in [-0.25, -0.2) is 0 Å². The first kappa shape index (κ1) is 14.4. The molecule has 104 valence electrons. The molecule has 0 aromatic heterocycles. The van der Waals surface area contributed by atoms with E-state index in [-0.39, 0.29) is 10.6 Å². The average Bonchev–Trinajstić information content (AvgIpc) is 2.46. The summed E-state index contributed by atoms with van der Waals surface area (Å²) in [4.78, 5) is 11.7. The Morgan fingerprint density at radius 3 is 2.50 bits per heavy atom. The fourth-order valence-electron chi connectivity index (χ4n) is 1.86. The van der Waals surface area contributed by atoms with Crippen molar-refractivity contribution in [3.8, 4) is 5.75 Å². The minimum Gasteiger partial charge on any atom is -0.489 e. The van der Waals surface area contributed by atoms with Gasteiger partial charge in [-0.1, -0.05) is 12.1 Å². The number of nitro benzene ring substituents is 1. The summed E-state index contributed by atoms with van der Waals surface area (Å²) in [6.45, 7) is 2.07. The van der Waals surface area contributed by atoms with E-state index in [1.54, 1.807) is 24.8 Å². The van der Waals surface area contributed by atoms with E-state index in [4.69, 9.17) is 4.74 Å². The van der Waals surface area contributed by atoms with Crippen molar-refractivity contribution in [1.82, 2.24) is 0 Å². The highest BCUT2D eigenvalue weighted by atomic mass is 32.2. The van der Waals surface area contributed by atoms with Gasteiger partial charge in [-0.05, 0) is 43.0 Å². The van der Waals surface area contributed by atoms with Gasteiger partial charge in [-0.2, -0.15) is 0 Å². The average molecular weight is 289 g/mol. The Bertz CT molecular complexity index is 611. The summed E-state index contributed by atoms with van der Waals surface area (Å²) >= 11 is 1.67. The Hall–Kier alpha value is -2.01. The largest absolute Gasteiger partial charge is 0.489 e. The van der Waals surface area contributed by atoms with Crippen molar-refractivity contribution in [2.45, 2.75) is 18.4 Å². The Labute approximate surface area is 121 Å². The Kier molecular flexibility index (Phi) is 4.63. The molecule has 5 heteroatoms.